The minimum atomic E-state index is -3.98. The van der Waals surface area contributed by atoms with Gasteiger partial charge in [0.05, 0.1) is 18.0 Å². The number of fused-ring (bicyclic) bond motifs is 1. The molecule has 10 nitrogen and oxygen atoms in total. The average molecular weight is 563 g/mol. The molecule has 38 heavy (non-hydrogen) atoms. The standard InChI is InChI=1S/C26H31ClN4O6S/c1-17(24(32)30-12-13-37-23(16-30)26(34)29-9-2-3-10-29)31-11-8-22(25(31)33)28-38(35,36)21-7-5-18-14-20(27)6-4-19(18)15-21/h4-7,14-15,17,22-23,28H,2-3,8-13,16H2,1H3. The molecule has 1 N–H and O–H groups in total. The van der Waals surface area contributed by atoms with Gasteiger partial charge >= 0.3 is 0 Å². The highest BCUT2D eigenvalue weighted by molar-refractivity contribution is 7.89. The van der Waals surface area contributed by atoms with E-state index < -0.39 is 34.1 Å². The van der Waals surface area contributed by atoms with E-state index in [9.17, 15) is 22.8 Å². The molecule has 0 bridgehead atoms. The second kappa shape index (κ2) is 10.8. The maximum Gasteiger partial charge on any atom is 0.253 e. The lowest BCUT2D eigenvalue weighted by Gasteiger charge is -2.36. The van der Waals surface area contributed by atoms with Crippen molar-refractivity contribution < 1.29 is 27.5 Å². The molecule has 3 heterocycles. The molecule has 2 aromatic carbocycles. The normalized spacial score (nSPS) is 23.3. The summed E-state index contributed by atoms with van der Waals surface area (Å²) in [4.78, 5) is 44.0. The molecule has 3 aliphatic heterocycles. The number of hydrogen-bond donors (Lipinski definition) is 1. The molecule has 0 saturated carbocycles. The summed E-state index contributed by atoms with van der Waals surface area (Å²) in [7, 11) is -3.98. The zero-order chi connectivity index (χ0) is 27.0. The van der Waals surface area contributed by atoms with Crippen LogP contribution in [0.4, 0.5) is 0 Å². The zero-order valence-electron chi connectivity index (χ0n) is 21.1. The highest BCUT2D eigenvalue weighted by Crippen LogP contribution is 2.24. The van der Waals surface area contributed by atoms with Crippen LogP contribution < -0.4 is 4.72 Å². The summed E-state index contributed by atoms with van der Waals surface area (Å²) < 4.78 is 34.3. The van der Waals surface area contributed by atoms with Crippen LogP contribution in [-0.4, -0.2) is 98.4 Å². The third-order valence-electron chi connectivity index (χ3n) is 7.52. The SMILES string of the molecule is CC(C(=O)N1CCOC(C(=O)N2CCCC2)C1)N1CCC(NS(=O)(=O)c2ccc3cc(Cl)ccc3c2)C1=O. The third kappa shape index (κ3) is 5.38. The summed E-state index contributed by atoms with van der Waals surface area (Å²) in [6.07, 6.45) is 1.48. The van der Waals surface area contributed by atoms with Gasteiger partial charge in [0.15, 0.2) is 6.10 Å². The van der Waals surface area contributed by atoms with Crippen molar-refractivity contribution in [3.8, 4) is 0 Å². The van der Waals surface area contributed by atoms with Gasteiger partial charge in [-0.25, -0.2) is 8.42 Å². The smallest absolute Gasteiger partial charge is 0.253 e. The van der Waals surface area contributed by atoms with Crippen LogP contribution in [-0.2, 0) is 29.1 Å². The number of nitrogens with one attached hydrogen (secondary N) is 1. The molecule has 3 unspecified atom stereocenters. The van der Waals surface area contributed by atoms with E-state index >= 15 is 0 Å². The number of halogens is 1. The summed E-state index contributed by atoms with van der Waals surface area (Å²) in [5.41, 5.74) is 0. The first-order valence-corrected chi connectivity index (χ1v) is 14.7. The van der Waals surface area contributed by atoms with Gasteiger partial charge in [-0.2, -0.15) is 4.72 Å². The largest absolute Gasteiger partial charge is 0.365 e. The van der Waals surface area contributed by atoms with Gasteiger partial charge in [0, 0.05) is 31.2 Å². The van der Waals surface area contributed by atoms with Gasteiger partial charge in [0.25, 0.3) is 5.91 Å². The fourth-order valence-electron chi connectivity index (χ4n) is 5.35. The van der Waals surface area contributed by atoms with Gasteiger partial charge in [-0.15, -0.1) is 0 Å². The summed E-state index contributed by atoms with van der Waals surface area (Å²) >= 11 is 6.01. The van der Waals surface area contributed by atoms with Gasteiger partial charge < -0.3 is 19.4 Å². The third-order valence-corrected chi connectivity index (χ3v) is 9.22. The summed E-state index contributed by atoms with van der Waals surface area (Å²) in [5.74, 6) is -0.825. The van der Waals surface area contributed by atoms with Gasteiger partial charge in [0.1, 0.15) is 12.1 Å². The van der Waals surface area contributed by atoms with Crippen LogP contribution in [0, 0.1) is 0 Å². The van der Waals surface area contributed by atoms with Crippen molar-refractivity contribution in [2.75, 3.05) is 39.3 Å². The molecule has 3 atom stereocenters. The Morgan fingerprint density at radius 2 is 1.74 bits per heavy atom. The van der Waals surface area contributed by atoms with Crippen LogP contribution in [0.2, 0.25) is 5.02 Å². The highest BCUT2D eigenvalue weighted by Gasteiger charge is 2.41. The second-order valence-corrected chi connectivity index (χ2v) is 12.1. The monoisotopic (exact) mass is 562 g/mol. The Hall–Kier alpha value is -2.73. The summed E-state index contributed by atoms with van der Waals surface area (Å²) in [5, 5.41) is 2.07. The van der Waals surface area contributed by atoms with Gasteiger partial charge in [-0.3, -0.25) is 14.4 Å². The van der Waals surface area contributed by atoms with Crippen LogP contribution >= 0.6 is 11.6 Å². The minimum Gasteiger partial charge on any atom is -0.365 e. The van der Waals surface area contributed by atoms with E-state index in [0.29, 0.717) is 30.0 Å². The molecule has 0 spiro atoms. The molecule has 204 valence electrons. The maximum absolute atomic E-state index is 13.3. The molecule has 0 aliphatic carbocycles. The van der Waals surface area contributed by atoms with E-state index in [-0.39, 0.29) is 42.8 Å². The van der Waals surface area contributed by atoms with E-state index in [1.165, 1.54) is 17.0 Å². The zero-order valence-corrected chi connectivity index (χ0v) is 22.7. The molecule has 2 aromatic rings. The van der Waals surface area contributed by atoms with Crippen LogP contribution in [0.25, 0.3) is 10.8 Å². The topological polar surface area (TPSA) is 116 Å². The number of ether oxygens (including phenoxy) is 1. The lowest BCUT2D eigenvalue weighted by molar-refractivity contribution is -0.157. The predicted octanol–water partition coefficient (Wildman–Crippen LogP) is 1.61. The summed E-state index contributed by atoms with van der Waals surface area (Å²) in [6.45, 7) is 4.01. The van der Waals surface area contributed by atoms with Crippen molar-refractivity contribution in [3.63, 3.8) is 0 Å². The molecule has 3 fully saturated rings. The van der Waals surface area contributed by atoms with E-state index in [1.54, 1.807) is 41.0 Å². The number of hydrogen-bond acceptors (Lipinski definition) is 6. The number of nitrogens with zero attached hydrogens (tertiary/aromatic N) is 3. The molecule has 3 amide bonds. The molecule has 3 aliphatic rings. The fourth-order valence-corrected chi connectivity index (χ4v) is 6.79. The Bertz CT molecular complexity index is 1360. The van der Waals surface area contributed by atoms with Crippen molar-refractivity contribution in [2.24, 2.45) is 0 Å². The van der Waals surface area contributed by atoms with E-state index in [4.69, 9.17) is 16.3 Å². The number of amides is 3. The van der Waals surface area contributed by atoms with Crippen LogP contribution in [0.3, 0.4) is 0 Å². The summed E-state index contributed by atoms with van der Waals surface area (Å²) in [6, 6.07) is 8.09. The lowest BCUT2D eigenvalue weighted by atomic mass is 10.1. The van der Waals surface area contributed by atoms with Crippen molar-refractivity contribution in [2.45, 2.75) is 49.3 Å². The number of carbonyl (C=O) groups is 3. The minimum absolute atomic E-state index is 0.0460. The first kappa shape index (κ1) is 26.9. The Balaban J connectivity index is 1.22. The predicted molar refractivity (Wildman–Crippen MR) is 141 cm³/mol. The quantitative estimate of drug-likeness (QED) is 0.572. The number of likely N-dealkylation sites (tertiary alicyclic amines) is 2. The number of morpholine rings is 1. The molecule has 12 heteroatoms. The average Bonchev–Trinajstić information content (AvgIpc) is 3.57. The maximum atomic E-state index is 13.3. The molecule has 3 saturated heterocycles. The van der Waals surface area contributed by atoms with E-state index in [0.717, 1.165) is 18.2 Å². The van der Waals surface area contributed by atoms with Gasteiger partial charge in [-0.05, 0) is 61.2 Å². The Kier molecular flexibility index (Phi) is 7.63. The number of carbonyl (C=O) groups excluding carboxylic acids is 3. The molecule has 0 radical (unpaired) electrons. The molecular formula is C26H31ClN4O6S. The number of rotatable bonds is 6. The van der Waals surface area contributed by atoms with Crippen molar-refractivity contribution in [1.82, 2.24) is 19.4 Å². The Labute approximate surface area is 226 Å². The molecular weight excluding hydrogens is 532 g/mol. The van der Waals surface area contributed by atoms with E-state index in [1.807, 2.05) is 0 Å². The second-order valence-electron chi connectivity index (χ2n) is 10.00. The van der Waals surface area contributed by atoms with Crippen LogP contribution in [0.5, 0.6) is 0 Å². The van der Waals surface area contributed by atoms with Crippen molar-refractivity contribution >= 4 is 50.1 Å². The molecule has 5 rings (SSSR count). The number of benzene rings is 2. The van der Waals surface area contributed by atoms with Crippen LogP contribution in [0.1, 0.15) is 26.2 Å². The Morgan fingerprint density at radius 1 is 1.03 bits per heavy atom. The number of sulfonamides is 1. The van der Waals surface area contributed by atoms with Gasteiger partial charge in [-0.1, -0.05) is 23.7 Å². The molecule has 0 aromatic heterocycles. The first-order chi connectivity index (χ1) is 18.1. The highest BCUT2D eigenvalue weighted by atomic mass is 35.5. The lowest BCUT2D eigenvalue weighted by Crippen LogP contribution is -2.56. The fraction of sp³-hybridized carbons (Fsp3) is 0.500. The van der Waals surface area contributed by atoms with E-state index in [2.05, 4.69) is 4.72 Å². The Morgan fingerprint density at radius 3 is 2.50 bits per heavy atom. The van der Waals surface area contributed by atoms with Crippen LogP contribution in [0.15, 0.2) is 41.3 Å². The van der Waals surface area contributed by atoms with Crippen molar-refractivity contribution in [3.05, 3.63) is 41.4 Å². The first-order valence-electron chi connectivity index (χ1n) is 12.9. The van der Waals surface area contributed by atoms with Crippen molar-refractivity contribution in [1.29, 1.82) is 0 Å². The van der Waals surface area contributed by atoms with Gasteiger partial charge in [0.2, 0.25) is 21.8 Å².